The van der Waals surface area contributed by atoms with E-state index in [-0.39, 0.29) is 30.3 Å². The van der Waals surface area contributed by atoms with Crippen LogP contribution in [0.3, 0.4) is 0 Å². The maximum atomic E-state index is 12.5. The molecule has 0 saturated carbocycles. The van der Waals surface area contributed by atoms with Crippen LogP contribution in [-0.2, 0) is 16.1 Å². The van der Waals surface area contributed by atoms with Gasteiger partial charge in [0, 0.05) is 31.6 Å². The molecule has 0 bridgehead atoms. The van der Waals surface area contributed by atoms with Gasteiger partial charge in [0.15, 0.2) is 0 Å². The lowest BCUT2D eigenvalue weighted by Crippen LogP contribution is -2.39. The Bertz CT molecular complexity index is 782. The molecular weight excluding hydrogens is 316 g/mol. The first-order valence-electron chi connectivity index (χ1n) is 8.37. The summed E-state index contributed by atoms with van der Waals surface area (Å²) < 4.78 is 1.78. The molecule has 0 aliphatic carbocycles. The first-order chi connectivity index (χ1) is 12.0. The smallest absolute Gasteiger partial charge is 0.223 e. The summed E-state index contributed by atoms with van der Waals surface area (Å²) in [6, 6.07) is 9.37. The number of nitrogens with one attached hydrogen (secondary N) is 1. The molecule has 2 amide bonds. The Morgan fingerprint density at radius 1 is 1.28 bits per heavy atom. The molecule has 1 aliphatic heterocycles. The fourth-order valence-corrected chi connectivity index (χ4v) is 3.16. The fraction of sp³-hybridized carbons (Fsp3) is 0.316. The van der Waals surface area contributed by atoms with Crippen LogP contribution in [0.5, 0.6) is 0 Å². The van der Waals surface area contributed by atoms with E-state index in [1.54, 1.807) is 22.0 Å². The SMILES string of the molecule is CC(=O)N1C=Cc2ccccc2C1CC(=O)NC(C)Cn1cccn1. The molecule has 3 rings (SSSR count). The molecule has 0 radical (unpaired) electrons. The topological polar surface area (TPSA) is 67.2 Å². The Morgan fingerprint density at radius 3 is 2.80 bits per heavy atom. The number of nitrogens with zero attached hydrogens (tertiary/aromatic N) is 3. The molecule has 2 heterocycles. The van der Waals surface area contributed by atoms with E-state index in [0.717, 1.165) is 11.1 Å². The number of hydrogen-bond acceptors (Lipinski definition) is 3. The van der Waals surface area contributed by atoms with Gasteiger partial charge in [0.25, 0.3) is 0 Å². The van der Waals surface area contributed by atoms with Gasteiger partial charge < -0.3 is 10.2 Å². The predicted molar refractivity (Wildman–Crippen MR) is 95.2 cm³/mol. The second-order valence-corrected chi connectivity index (χ2v) is 6.29. The van der Waals surface area contributed by atoms with E-state index in [0.29, 0.717) is 6.54 Å². The normalized spacial score (nSPS) is 17.0. The van der Waals surface area contributed by atoms with Crippen LogP contribution < -0.4 is 5.32 Å². The molecule has 1 aromatic heterocycles. The third-order valence-electron chi connectivity index (χ3n) is 4.28. The molecule has 25 heavy (non-hydrogen) atoms. The summed E-state index contributed by atoms with van der Waals surface area (Å²) in [5.41, 5.74) is 2.04. The van der Waals surface area contributed by atoms with Crippen LogP contribution in [0.2, 0.25) is 0 Å². The van der Waals surface area contributed by atoms with Crippen molar-refractivity contribution >= 4 is 17.9 Å². The molecule has 1 aromatic carbocycles. The predicted octanol–water partition coefficient (Wildman–Crippen LogP) is 2.35. The number of fused-ring (bicyclic) bond motifs is 1. The van der Waals surface area contributed by atoms with Gasteiger partial charge in [0.05, 0.1) is 19.0 Å². The summed E-state index contributed by atoms with van der Waals surface area (Å²) in [5.74, 6) is -0.158. The molecule has 6 heteroatoms. The van der Waals surface area contributed by atoms with Crippen LogP contribution in [0.15, 0.2) is 48.9 Å². The molecule has 0 saturated heterocycles. The minimum Gasteiger partial charge on any atom is -0.352 e. The van der Waals surface area contributed by atoms with E-state index in [1.165, 1.54) is 6.92 Å². The van der Waals surface area contributed by atoms with Crippen molar-refractivity contribution in [2.45, 2.75) is 38.9 Å². The van der Waals surface area contributed by atoms with Crippen molar-refractivity contribution in [2.75, 3.05) is 0 Å². The maximum absolute atomic E-state index is 12.5. The van der Waals surface area contributed by atoms with Crippen molar-refractivity contribution in [1.29, 1.82) is 0 Å². The molecule has 2 aromatic rings. The summed E-state index contributed by atoms with van der Waals surface area (Å²) >= 11 is 0. The summed E-state index contributed by atoms with van der Waals surface area (Å²) in [5, 5.41) is 7.14. The van der Waals surface area contributed by atoms with Crippen LogP contribution in [0, 0.1) is 0 Å². The standard InChI is InChI=1S/C19H22N4O2/c1-14(13-22-10-5-9-20-22)21-19(25)12-18-17-7-4-3-6-16(17)8-11-23(18)15(2)24/h3-11,14,18H,12-13H2,1-2H3,(H,21,25). The zero-order chi connectivity index (χ0) is 17.8. The first-order valence-corrected chi connectivity index (χ1v) is 8.37. The van der Waals surface area contributed by atoms with E-state index in [9.17, 15) is 9.59 Å². The molecular formula is C19H22N4O2. The van der Waals surface area contributed by atoms with Crippen LogP contribution in [-0.4, -0.2) is 32.5 Å². The Morgan fingerprint density at radius 2 is 2.08 bits per heavy atom. The average molecular weight is 338 g/mol. The van der Waals surface area contributed by atoms with Crippen molar-refractivity contribution in [3.63, 3.8) is 0 Å². The maximum Gasteiger partial charge on any atom is 0.223 e. The van der Waals surface area contributed by atoms with Crippen molar-refractivity contribution < 1.29 is 9.59 Å². The fourth-order valence-electron chi connectivity index (χ4n) is 3.16. The van der Waals surface area contributed by atoms with E-state index in [2.05, 4.69) is 10.4 Å². The number of aromatic nitrogens is 2. The van der Waals surface area contributed by atoms with E-state index < -0.39 is 0 Å². The molecule has 2 atom stereocenters. The minimum absolute atomic E-state index is 0.0486. The number of rotatable bonds is 5. The second-order valence-electron chi connectivity index (χ2n) is 6.29. The van der Waals surface area contributed by atoms with Gasteiger partial charge in [0.2, 0.25) is 11.8 Å². The summed E-state index contributed by atoms with van der Waals surface area (Å²) in [6.45, 7) is 4.07. The van der Waals surface area contributed by atoms with Gasteiger partial charge in [-0.3, -0.25) is 14.3 Å². The molecule has 0 spiro atoms. The zero-order valence-corrected chi connectivity index (χ0v) is 14.4. The van der Waals surface area contributed by atoms with Crippen molar-refractivity contribution in [2.24, 2.45) is 0 Å². The lowest BCUT2D eigenvalue weighted by molar-refractivity contribution is -0.130. The largest absolute Gasteiger partial charge is 0.352 e. The molecule has 1 aliphatic rings. The third kappa shape index (κ3) is 3.96. The van der Waals surface area contributed by atoms with Gasteiger partial charge in [-0.15, -0.1) is 0 Å². The van der Waals surface area contributed by atoms with Crippen molar-refractivity contribution in [1.82, 2.24) is 20.0 Å². The van der Waals surface area contributed by atoms with Gasteiger partial charge in [-0.1, -0.05) is 24.3 Å². The first kappa shape index (κ1) is 17.0. The highest BCUT2D eigenvalue weighted by Gasteiger charge is 2.28. The van der Waals surface area contributed by atoms with Crippen molar-refractivity contribution in [3.8, 4) is 0 Å². The number of amides is 2. The molecule has 0 fully saturated rings. The highest BCUT2D eigenvalue weighted by molar-refractivity contribution is 5.81. The Balaban J connectivity index is 1.69. The Hall–Kier alpha value is -2.89. The highest BCUT2D eigenvalue weighted by atomic mass is 16.2. The van der Waals surface area contributed by atoms with Crippen LogP contribution in [0.1, 0.15) is 37.4 Å². The van der Waals surface area contributed by atoms with E-state index in [1.807, 2.05) is 49.5 Å². The number of hydrogen-bond donors (Lipinski definition) is 1. The molecule has 1 N–H and O–H groups in total. The minimum atomic E-state index is -0.282. The molecule has 6 nitrogen and oxygen atoms in total. The lowest BCUT2D eigenvalue weighted by Gasteiger charge is -2.32. The molecule has 2 unspecified atom stereocenters. The van der Waals surface area contributed by atoms with Crippen LogP contribution in [0.4, 0.5) is 0 Å². The molecule has 130 valence electrons. The summed E-state index contributed by atoms with van der Waals surface area (Å²) in [7, 11) is 0. The number of benzene rings is 1. The zero-order valence-electron chi connectivity index (χ0n) is 14.4. The van der Waals surface area contributed by atoms with Crippen LogP contribution in [0.25, 0.3) is 6.08 Å². The van der Waals surface area contributed by atoms with Crippen LogP contribution >= 0.6 is 0 Å². The summed E-state index contributed by atoms with van der Waals surface area (Å²) in [6.07, 6.45) is 7.47. The van der Waals surface area contributed by atoms with Gasteiger partial charge in [-0.05, 0) is 30.2 Å². The number of carbonyl (C=O) groups excluding carboxylic acids is 2. The third-order valence-corrected chi connectivity index (χ3v) is 4.28. The summed E-state index contributed by atoms with van der Waals surface area (Å²) in [4.78, 5) is 26.1. The van der Waals surface area contributed by atoms with E-state index >= 15 is 0 Å². The van der Waals surface area contributed by atoms with Gasteiger partial charge in [-0.2, -0.15) is 5.10 Å². The number of carbonyl (C=O) groups is 2. The lowest BCUT2D eigenvalue weighted by atomic mass is 9.93. The van der Waals surface area contributed by atoms with Gasteiger partial charge in [-0.25, -0.2) is 0 Å². The van der Waals surface area contributed by atoms with Gasteiger partial charge in [0.1, 0.15) is 0 Å². The quantitative estimate of drug-likeness (QED) is 0.910. The Labute approximate surface area is 147 Å². The average Bonchev–Trinajstić information content (AvgIpc) is 3.07. The van der Waals surface area contributed by atoms with Gasteiger partial charge >= 0.3 is 0 Å². The monoisotopic (exact) mass is 338 g/mol. The van der Waals surface area contributed by atoms with Crippen molar-refractivity contribution in [3.05, 3.63) is 60.1 Å². The second kappa shape index (κ2) is 7.34. The Kier molecular flexibility index (Phi) is 4.97. The highest BCUT2D eigenvalue weighted by Crippen LogP contribution is 2.32. The van der Waals surface area contributed by atoms with E-state index in [4.69, 9.17) is 0 Å².